The second-order valence-electron chi connectivity index (χ2n) is 6.78. The Labute approximate surface area is 174 Å². The molecule has 28 heavy (non-hydrogen) atoms. The zero-order valence-corrected chi connectivity index (χ0v) is 17.4. The Bertz CT molecular complexity index is 908. The van der Waals surface area contributed by atoms with Crippen LogP contribution in [0.1, 0.15) is 39.5 Å². The molecule has 2 heterocycles. The van der Waals surface area contributed by atoms with Crippen LogP contribution >= 0.6 is 23.2 Å². The van der Waals surface area contributed by atoms with Gasteiger partial charge in [0.25, 0.3) is 0 Å². The van der Waals surface area contributed by atoms with E-state index in [-0.39, 0.29) is 21.8 Å². The van der Waals surface area contributed by atoms with Crippen molar-refractivity contribution in [3.63, 3.8) is 0 Å². The first-order chi connectivity index (χ1) is 13.5. The number of halogens is 3. The zero-order chi connectivity index (χ0) is 20.1. The van der Waals surface area contributed by atoms with Crippen molar-refractivity contribution in [2.45, 2.75) is 45.6 Å². The van der Waals surface area contributed by atoms with Gasteiger partial charge in [-0.2, -0.15) is 5.10 Å². The minimum atomic E-state index is -0.440. The second kappa shape index (κ2) is 9.39. The Morgan fingerprint density at radius 2 is 2.00 bits per heavy atom. The number of nitrogens with zero attached hydrogens (tertiary/aromatic N) is 3. The minimum Gasteiger partial charge on any atom is -0.382 e. The summed E-state index contributed by atoms with van der Waals surface area (Å²) in [6.07, 6.45) is 7.89. The van der Waals surface area contributed by atoms with Crippen LogP contribution in [0.5, 0.6) is 0 Å². The quantitative estimate of drug-likeness (QED) is 0.323. The zero-order valence-electron chi connectivity index (χ0n) is 15.9. The number of hydrogen-bond donors (Lipinski definition) is 1. The summed E-state index contributed by atoms with van der Waals surface area (Å²) in [4.78, 5) is 4.42. The summed E-state index contributed by atoms with van der Waals surface area (Å²) >= 11 is 12.8. The molecular formula is C21H23Cl2FN4. The van der Waals surface area contributed by atoms with E-state index in [4.69, 9.17) is 23.2 Å². The average molecular weight is 421 g/mol. The summed E-state index contributed by atoms with van der Waals surface area (Å²) in [6, 6.07) is 8.39. The van der Waals surface area contributed by atoms with Crippen LogP contribution in [0.3, 0.4) is 0 Å². The number of rotatable bonds is 8. The van der Waals surface area contributed by atoms with Crippen LogP contribution in [0.15, 0.2) is 42.7 Å². The molecule has 0 aliphatic carbocycles. The van der Waals surface area contributed by atoms with Gasteiger partial charge in [0.05, 0.1) is 5.02 Å². The van der Waals surface area contributed by atoms with Crippen molar-refractivity contribution in [3.05, 3.63) is 58.7 Å². The van der Waals surface area contributed by atoms with Gasteiger partial charge < -0.3 is 5.32 Å². The summed E-state index contributed by atoms with van der Waals surface area (Å²) in [5.74, 6) is 0.110. The van der Waals surface area contributed by atoms with Gasteiger partial charge >= 0.3 is 0 Å². The molecule has 0 aliphatic heterocycles. The summed E-state index contributed by atoms with van der Waals surface area (Å²) in [6.45, 7) is 4.28. The van der Waals surface area contributed by atoms with Gasteiger partial charge in [0, 0.05) is 41.3 Å². The molecule has 7 heteroatoms. The van der Waals surface area contributed by atoms with Crippen LogP contribution in [0.4, 0.5) is 10.1 Å². The predicted octanol–water partition coefficient (Wildman–Crippen LogP) is 6.76. The lowest BCUT2D eigenvalue weighted by molar-refractivity contribution is 0.614. The molecule has 0 saturated carbocycles. The Balaban J connectivity index is 2.07. The topological polar surface area (TPSA) is 42.7 Å². The normalized spacial score (nSPS) is 12.2. The standard InChI is InChI=1S/C21H23Cl2FN4/c1-3-4-5-8-14(2)26-17-13-18(28-12-7-11-25-28)27-21(23)20(17)19-15(22)9-6-10-16(19)24/h6-7,9-14H,3-5,8H2,1-2H3,(H,26,27). The van der Waals surface area contributed by atoms with Crippen LogP contribution in [-0.4, -0.2) is 20.8 Å². The van der Waals surface area contributed by atoms with E-state index in [1.54, 1.807) is 35.3 Å². The molecule has 3 rings (SSSR count). The predicted molar refractivity (Wildman–Crippen MR) is 114 cm³/mol. The first-order valence-electron chi connectivity index (χ1n) is 9.42. The molecule has 0 aliphatic rings. The molecule has 1 N–H and O–H groups in total. The maximum absolute atomic E-state index is 14.6. The molecule has 1 aromatic carbocycles. The van der Waals surface area contributed by atoms with Gasteiger partial charge in [-0.25, -0.2) is 14.1 Å². The number of unbranched alkanes of at least 4 members (excludes halogenated alkanes) is 2. The molecule has 3 aromatic rings. The first kappa shape index (κ1) is 20.6. The van der Waals surface area contributed by atoms with Crippen molar-refractivity contribution >= 4 is 28.9 Å². The molecular weight excluding hydrogens is 398 g/mol. The largest absolute Gasteiger partial charge is 0.382 e. The van der Waals surface area contributed by atoms with Crippen LogP contribution < -0.4 is 5.32 Å². The number of nitrogens with one attached hydrogen (secondary N) is 1. The molecule has 4 nitrogen and oxygen atoms in total. The van der Waals surface area contributed by atoms with Crippen molar-refractivity contribution in [1.82, 2.24) is 14.8 Å². The molecule has 0 bridgehead atoms. The third-order valence-corrected chi connectivity index (χ3v) is 5.14. The highest BCUT2D eigenvalue weighted by molar-refractivity contribution is 6.36. The number of anilines is 1. The van der Waals surface area contributed by atoms with Crippen LogP contribution in [-0.2, 0) is 0 Å². The van der Waals surface area contributed by atoms with E-state index in [0.29, 0.717) is 17.1 Å². The number of benzene rings is 1. The minimum absolute atomic E-state index is 0.170. The van der Waals surface area contributed by atoms with Crippen LogP contribution in [0.2, 0.25) is 10.2 Å². The summed E-state index contributed by atoms with van der Waals surface area (Å²) < 4.78 is 16.3. The number of aromatic nitrogens is 3. The van der Waals surface area contributed by atoms with Gasteiger partial charge in [0.1, 0.15) is 11.0 Å². The van der Waals surface area contributed by atoms with Crippen molar-refractivity contribution in [2.24, 2.45) is 0 Å². The van der Waals surface area contributed by atoms with E-state index in [1.165, 1.54) is 12.5 Å². The van der Waals surface area contributed by atoms with Gasteiger partial charge in [-0.05, 0) is 31.5 Å². The Kier molecular flexibility index (Phi) is 6.92. The third kappa shape index (κ3) is 4.65. The maximum Gasteiger partial charge on any atom is 0.157 e. The van der Waals surface area contributed by atoms with Gasteiger partial charge in [-0.1, -0.05) is 55.5 Å². The number of pyridine rings is 1. The Hall–Kier alpha value is -2.11. The molecule has 0 spiro atoms. The molecule has 1 atom stereocenters. The summed E-state index contributed by atoms with van der Waals surface area (Å²) in [7, 11) is 0. The lowest BCUT2D eigenvalue weighted by Gasteiger charge is -2.20. The molecule has 0 saturated heterocycles. The molecule has 0 radical (unpaired) electrons. The highest BCUT2D eigenvalue weighted by Gasteiger charge is 2.21. The van der Waals surface area contributed by atoms with Crippen LogP contribution in [0.25, 0.3) is 16.9 Å². The molecule has 1 unspecified atom stereocenters. The average Bonchev–Trinajstić information content (AvgIpc) is 3.18. The monoisotopic (exact) mass is 420 g/mol. The first-order valence-corrected chi connectivity index (χ1v) is 10.2. The van der Waals surface area contributed by atoms with Crippen molar-refractivity contribution in [3.8, 4) is 16.9 Å². The van der Waals surface area contributed by atoms with E-state index in [9.17, 15) is 4.39 Å². The van der Waals surface area contributed by atoms with E-state index >= 15 is 0 Å². The van der Waals surface area contributed by atoms with E-state index < -0.39 is 5.82 Å². The smallest absolute Gasteiger partial charge is 0.157 e. The molecule has 0 fully saturated rings. The lowest BCUT2D eigenvalue weighted by Crippen LogP contribution is -2.16. The highest BCUT2D eigenvalue weighted by Crippen LogP contribution is 2.40. The SMILES string of the molecule is CCCCCC(C)Nc1cc(-n2cccn2)nc(Cl)c1-c1c(F)cccc1Cl. The Morgan fingerprint density at radius 3 is 2.68 bits per heavy atom. The van der Waals surface area contributed by atoms with Gasteiger partial charge in [-0.15, -0.1) is 0 Å². The van der Waals surface area contributed by atoms with Crippen LogP contribution in [0, 0.1) is 5.82 Å². The molecule has 148 valence electrons. The van der Waals surface area contributed by atoms with Gasteiger partial charge in [0.15, 0.2) is 5.82 Å². The van der Waals surface area contributed by atoms with Gasteiger partial charge in [0.2, 0.25) is 0 Å². The van der Waals surface area contributed by atoms with Crippen molar-refractivity contribution in [2.75, 3.05) is 5.32 Å². The third-order valence-electron chi connectivity index (χ3n) is 4.56. The lowest BCUT2D eigenvalue weighted by atomic mass is 10.0. The van der Waals surface area contributed by atoms with E-state index in [0.717, 1.165) is 19.3 Å². The summed E-state index contributed by atoms with van der Waals surface area (Å²) in [5, 5.41) is 8.15. The van der Waals surface area contributed by atoms with Gasteiger partial charge in [-0.3, -0.25) is 0 Å². The van der Waals surface area contributed by atoms with E-state index in [2.05, 4.69) is 29.2 Å². The second-order valence-corrected chi connectivity index (χ2v) is 7.55. The number of hydrogen-bond acceptors (Lipinski definition) is 3. The highest BCUT2D eigenvalue weighted by atomic mass is 35.5. The summed E-state index contributed by atoms with van der Waals surface area (Å²) in [5.41, 5.74) is 1.39. The van der Waals surface area contributed by atoms with E-state index in [1.807, 2.05) is 6.07 Å². The maximum atomic E-state index is 14.6. The van der Waals surface area contributed by atoms with Crippen molar-refractivity contribution in [1.29, 1.82) is 0 Å². The fraction of sp³-hybridized carbons (Fsp3) is 0.333. The van der Waals surface area contributed by atoms with Crippen molar-refractivity contribution < 1.29 is 4.39 Å². The fourth-order valence-electron chi connectivity index (χ4n) is 3.15. The molecule has 2 aromatic heterocycles. The fourth-order valence-corrected chi connectivity index (χ4v) is 3.69. The molecule has 0 amide bonds. The Morgan fingerprint density at radius 1 is 1.18 bits per heavy atom.